The van der Waals surface area contributed by atoms with Crippen molar-refractivity contribution >= 4 is 5.95 Å². The van der Waals surface area contributed by atoms with Crippen molar-refractivity contribution in [2.45, 2.75) is 39.5 Å². The standard InChI is InChI=1S/C22H30N4O3/c1-16(2)29-20-5-4-17(12-21(20)27-3)14-25-7-6-19-18(15-25)13-23-22(24-19)26-8-10-28-11-9-26/h4-5,12-13,16H,6-11,14-15H2,1-3H3. The van der Waals surface area contributed by atoms with Crippen molar-refractivity contribution in [2.24, 2.45) is 0 Å². The van der Waals surface area contributed by atoms with Gasteiger partial charge in [0, 0.05) is 50.9 Å². The number of fused-ring (bicyclic) bond motifs is 1. The van der Waals surface area contributed by atoms with Gasteiger partial charge in [-0.1, -0.05) is 6.07 Å². The van der Waals surface area contributed by atoms with Crippen LogP contribution in [0.25, 0.3) is 0 Å². The van der Waals surface area contributed by atoms with Gasteiger partial charge in [-0.15, -0.1) is 0 Å². The van der Waals surface area contributed by atoms with Crippen LogP contribution in [0.15, 0.2) is 24.4 Å². The second-order valence-electron chi connectivity index (χ2n) is 7.85. The molecule has 4 rings (SSSR count). The van der Waals surface area contributed by atoms with Crippen molar-refractivity contribution in [3.8, 4) is 11.5 Å². The lowest BCUT2D eigenvalue weighted by molar-refractivity contribution is 0.122. The molecular formula is C22H30N4O3. The van der Waals surface area contributed by atoms with Gasteiger partial charge in [-0.3, -0.25) is 4.90 Å². The van der Waals surface area contributed by atoms with Gasteiger partial charge in [-0.2, -0.15) is 0 Å². The number of anilines is 1. The van der Waals surface area contributed by atoms with Gasteiger partial charge in [0.15, 0.2) is 11.5 Å². The Labute approximate surface area is 172 Å². The molecule has 29 heavy (non-hydrogen) atoms. The lowest BCUT2D eigenvalue weighted by Gasteiger charge is -2.30. The summed E-state index contributed by atoms with van der Waals surface area (Å²) < 4.78 is 16.8. The van der Waals surface area contributed by atoms with Crippen molar-refractivity contribution in [3.63, 3.8) is 0 Å². The molecule has 2 aromatic rings. The number of morpholine rings is 1. The maximum absolute atomic E-state index is 5.82. The van der Waals surface area contributed by atoms with Crippen molar-refractivity contribution in [1.29, 1.82) is 0 Å². The summed E-state index contributed by atoms with van der Waals surface area (Å²) in [5.41, 5.74) is 3.61. The number of methoxy groups -OCH3 is 1. The quantitative estimate of drug-likeness (QED) is 0.741. The normalized spacial score (nSPS) is 17.3. The Morgan fingerprint density at radius 3 is 2.72 bits per heavy atom. The molecule has 156 valence electrons. The van der Waals surface area contributed by atoms with Crippen LogP contribution in [0.3, 0.4) is 0 Å². The molecule has 2 aliphatic heterocycles. The Morgan fingerprint density at radius 2 is 1.97 bits per heavy atom. The van der Waals surface area contributed by atoms with E-state index in [1.807, 2.05) is 26.1 Å². The van der Waals surface area contributed by atoms with E-state index in [1.165, 1.54) is 16.8 Å². The molecule has 0 bridgehead atoms. The van der Waals surface area contributed by atoms with Crippen LogP contribution in [0.2, 0.25) is 0 Å². The van der Waals surface area contributed by atoms with Gasteiger partial charge >= 0.3 is 0 Å². The van der Waals surface area contributed by atoms with Crippen LogP contribution in [0.1, 0.15) is 30.7 Å². The molecule has 1 aromatic heterocycles. The SMILES string of the molecule is COc1cc(CN2CCc3nc(N4CCOCC4)ncc3C2)ccc1OC(C)C. The zero-order valence-corrected chi connectivity index (χ0v) is 17.6. The number of rotatable bonds is 6. The van der Waals surface area contributed by atoms with Gasteiger partial charge in [0.1, 0.15) is 0 Å². The zero-order valence-electron chi connectivity index (χ0n) is 17.6. The summed E-state index contributed by atoms with van der Waals surface area (Å²) in [5, 5.41) is 0. The first-order chi connectivity index (χ1) is 14.1. The van der Waals surface area contributed by atoms with Gasteiger partial charge in [-0.25, -0.2) is 9.97 Å². The Kier molecular flexibility index (Phi) is 6.16. The summed E-state index contributed by atoms with van der Waals surface area (Å²) in [6, 6.07) is 6.20. The molecule has 0 atom stereocenters. The summed E-state index contributed by atoms with van der Waals surface area (Å²) in [6.45, 7) is 9.98. The summed E-state index contributed by atoms with van der Waals surface area (Å²) >= 11 is 0. The van der Waals surface area contributed by atoms with E-state index in [9.17, 15) is 0 Å². The Hall–Kier alpha value is -2.38. The maximum atomic E-state index is 5.82. The average molecular weight is 399 g/mol. The monoisotopic (exact) mass is 398 g/mol. The fourth-order valence-electron chi connectivity index (χ4n) is 3.83. The molecule has 0 unspecified atom stereocenters. The molecule has 1 aromatic carbocycles. The predicted octanol–water partition coefficient (Wildman–Crippen LogP) is 2.67. The van der Waals surface area contributed by atoms with Gasteiger partial charge in [0.05, 0.1) is 32.1 Å². The third-order valence-corrected chi connectivity index (χ3v) is 5.29. The molecule has 0 saturated carbocycles. The number of benzene rings is 1. The minimum Gasteiger partial charge on any atom is -0.493 e. The number of ether oxygens (including phenoxy) is 3. The largest absolute Gasteiger partial charge is 0.493 e. The van der Waals surface area contributed by atoms with E-state index in [-0.39, 0.29) is 6.10 Å². The zero-order chi connectivity index (χ0) is 20.2. The van der Waals surface area contributed by atoms with E-state index in [0.29, 0.717) is 0 Å². The second kappa shape index (κ2) is 8.97. The van der Waals surface area contributed by atoms with E-state index in [4.69, 9.17) is 19.2 Å². The van der Waals surface area contributed by atoms with Crippen molar-refractivity contribution in [3.05, 3.63) is 41.2 Å². The van der Waals surface area contributed by atoms with Gasteiger partial charge < -0.3 is 19.1 Å². The highest BCUT2D eigenvalue weighted by atomic mass is 16.5. The van der Waals surface area contributed by atoms with Crippen molar-refractivity contribution < 1.29 is 14.2 Å². The molecular weight excluding hydrogens is 368 g/mol. The molecule has 0 spiro atoms. The highest BCUT2D eigenvalue weighted by molar-refractivity contribution is 5.43. The number of aromatic nitrogens is 2. The first kappa shape index (κ1) is 19.9. The Balaban J connectivity index is 1.42. The summed E-state index contributed by atoms with van der Waals surface area (Å²) in [6.07, 6.45) is 3.07. The molecule has 7 heteroatoms. The highest BCUT2D eigenvalue weighted by Gasteiger charge is 2.21. The van der Waals surface area contributed by atoms with Crippen LogP contribution in [0.4, 0.5) is 5.95 Å². The Bertz CT molecular complexity index is 837. The summed E-state index contributed by atoms with van der Waals surface area (Å²) in [4.78, 5) is 14.1. The van der Waals surface area contributed by atoms with E-state index >= 15 is 0 Å². The average Bonchev–Trinajstić information content (AvgIpc) is 2.74. The number of hydrogen-bond acceptors (Lipinski definition) is 7. The van der Waals surface area contributed by atoms with Gasteiger partial charge in [-0.05, 0) is 31.5 Å². The van der Waals surface area contributed by atoms with Crippen LogP contribution in [0, 0.1) is 0 Å². The van der Waals surface area contributed by atoms with Crippen LogP contribution in [-0.4, -0.2) is 60.9 Å². The fourth-order valence-corrected chi connectivity index (χ4v) is 3.83. The van der Waals surface area contributed by atoms with E-state index in [1.54, 1.807) is 7.11 Å². The molecule has 2 aliphatic rings. The van der Waals surface area contributed by atoms with Crippen molar-refractivity contribution in [2.75, 3.05) is 44.9 Å². The molecule has 1 fully saturated rings. The van der Waals surface area contributed by atoms with E-state index in [0.717, 1.165) is 69.8 Å². The number of nitrogens with zero attached hydrogens (tertiary/aromatic N) is 4. The molecule has 7 nitrogen and oxygen atoms in total. The van der Waals surface area contributed by atoms with Gasteiger partial charge in [0.2, 0.25) is 5.95 Å². The topological polar surface area (TPSA) is 60.0 Å². The van der Waals surface area contributed by atoms with E-state index < -0.39 is 0 Å². The van der Waals surface area contributed by atoms with Gasteiger partial charge in [0.25, 0.3) is 0 Å². The lowest BCUT2D eigenvalue weighted by atomic mass is 10.1. The molecule has 0 aliphatic carbocycles. The maximum Gasteiger partial charge on any atom is 0.225 e. The third-order valence-electron chi connectivity index (χ3n) is 5.29. The second-order valence-corrected chi connectivity index (χ2v) is 7.85. The molecule has 0 radical (unpaired) electrons. The minimum atomic E-state index is 0.121. The summed E-state index contributed by atoms with van der Waals surface area (Å²) in [7, 11) is 1.69. The lowest BCUT2D eigenvalue weighted by Crippen LogP contribution is -2.38. The fraction of sp³-hybridized carbons (Fsp3) is 0.545. The number of hydrogen-bond donors (Lipinski definition) is 0. The Morgan fingerprint density at radius 1 is 1.14 bits per heavy atom. The van der Waals surface area contributed by atoms with Crippen LogP contribution in [-0.2, 0) is 24.2 Å². The molecule has 1 saturated heterocycles. The van der Waals surface area contributed by atoms with E-state index in [2.05, 4.69) is 26.9 Å². The molecule has 3 heterocycles. The highest BCUT2D eigenvalue weighted by Crippen LogP contribution is 2.30. The minimum absolute atomic E-state index is 0.121. The first-order valence-corrected chi connectivity index (χ1v) is 10.4. The van der Waals surface area contributed by atoms with Crippen LogP contribution >= 0.6 is 0 Å². The predicted molar refractivity (Wildman–Crippen MR) is 112 cm³/mol. The smallest absolute Gasteiger partial charge is 0.225 e. The summed E-state index contributed by atoms with van der Waals surface area (Å²) in [5.74, 6) is 2.41. The third kappa shape index (κ3) is 4.79. The van der Waals surface area contributed by atoms with Crippen LogP contribution < -0.4 is 14.4 Å². The van der Waals surface area contributed by atoms with Crippen molar-refractivity contribution in [1.82, 2.24) is 14.9 Å². The molecule has 0 N–H and O–H groups in total. The first-order valence-electron chi connectivity index (χ1n) is 10.4. The van der Waals surface area contributed by atoms with Crippen LogP contribution in [0.5, 0.6) is 11.5 Å². The molecule has 0 amide bonds.